The van der Waals surface area contributed by atoms with Gasteiger partial charge in [0.05, 0.1) is 6.54 Å². The van der Waals surface area contributed by atoms with Gasteiger partial charge in [0.15, 0.2) is 0 Å². The van der Waals surface area contributed by atoms with E-state index in [1.165, 1.54) is 0 Å². The lowest BCUT2D eigenvalue weighted by atomic mass is 10.2. The lowest BCUT2D eigenvalue weighted by Gasteiger charge is -2.07. The number of alkyl halides is 3. The molecular weight excluding hydrogens is 425 g/mol. The standard InChI is InChI=1S/C16H24N4O4.C2HF3O2/c17-10-12-5-7-13(8-6-12)20-15(22)11-19-14(21)4-2-1-3-9-18-16(23)24;3-2(4,5)1(6)7/h5-8,18H,1-4,9-11,17H2,(H,19,21)(H,20,22)(H,23,24);(H,6,7). The Bertz CT molecular complexity index is 726. The maximum atomic E-state index is 11.7. The highest BCUT2D eigenvalue weighted by Gasteiger charge is 2.38. The summed E-state index contributed by atoms with van der Waals surface area (Å²) in [4.78, 5) is 42.5. The number of aliphatic carboxylic acids is 1. The third-order valence-corrected chi connectivity index (χ3v) is 3.52. The topological polar surface area (TPSA) is 171 Å². The number of unbranched alkanes of at least 4 members (excludes halogenated alkanes) is 2. The highest BCUT2D eigenvalue weighted by Crippen LogP contribution is 2.13. The SMILES string of the molecule is NCc1ccc(NC(=O)CNC(=O)CCCCCNC(=O)O)cc1.O=C(O)C(F)(F)F. The molecule has 0 spiro atoms. The second-order valence-electron chi connectivity index (χ2n) is 6.07. The number of carbonyl (C=O) groups is 4. The molecular formula is C18H25F3N4O6. The van der Waals surface area contributed by atoms with Crippen molar-refractivity contribution in [2.45, 2.75) is 38.4 Å². The van der Waals surface area contributed by atoms with Gasteiger partial charge in [-0.2, -0.15) is 13.2 Å². The third kappa shape index (κ3) is 15.2. The molecule has 0 aliphatic heterocycles. The Hall–Kier alpha value is -3.35. The van der Waals surface area contributed by atoms with Crippen LogP contribution in [0.1, 0.15) is 31.2 Å². The van der Waals surface area contributed by atoms with Crippen molar-refractivity contribution in [2.24, 2.45) is 5.73 Å². The van der Waals surface area contributed by atoms with Crippen LogP contribution in [0.5, 0.6) is 0 Å². The molecule has 7 N–H and O–H groups in total. The normalized spacial score (nSPS) is 10.3. The van der Waals surface area contributed by atoms with E-state index >= 15 is 0 Å². The number of halogens is 3. The van der Waals surface area contributed by atoms with Gasteiger partial charge in [0.2, 0.25) is 11.8 Å². The van der Waals surface area contributed by atoms with Crippen LogP contribution in [-0.4, -0.2) is 53.4 Å². The molecule has 13 heteroatoms. The highest BCUT2D eigenvalue weighted by atomic mass is 19.4. The van der Waals surface area contributed by atoms with Crippen LogP contribution in [0.25, 0.3) is 0 Å². The number of rotatable bonds is 10. The van der Waals surface area contributed by atoms with Gasteiger partial charge in [-0.05, 0) is 30.5 Å². The van der Waals surface area contributed by atoms with E-state index in [2.05, 4.69) is 16.0 Å². The molecule has 1 aromatic carbocycles. The van der Waals surface area contributed by atoms with Crippen LogP contribution in [0.4, 0.5) is 23.7 Å². The molecule has 1 rings (SSSR count). The molecule has 0 bridgehead atoms. The van der Waals surface area contributed by atoms with Gasteiger partial charge in [-0.25, -0.2) is 9.59 Å². The van der Waals surface area contributed by atoms with Gasteiger partial charge in [0, 0.05) is 25.2 Å². The van der Waals surface area contributed by atoms with E-state index in [9.17, 15) is 27.6 Å². The molecule has 1 aromatic rings. The maximum Gasteiger partial charge on any atom is 0.490 e. The van der Waals surface area contributed by atoms with Crippen LogP contribution in [0.2, 0.25) is 0 Å². The molecule has 0 saturated carbocycles. The van der Waals surface area contributed by atoms with E-state index in [1.54, 1.807) is 12.1 Å². The summed E-state index contributed by atoms with van der Waals surface area (Å²) < 4.78 is 31.7. The fraction of sp³-hybridized carbons (Fsp3) is 0.444. The van der Waals surface area contributed by atoms with Crippen LogP contribution in [0.15, 0.2) is 24.3 Å². The number of carbonyl (C=O) groups excluding carboxylic acids is 2. The molecule has 0 unspecified atom stereocenters. The van der Waals surface area contributed by atoms with Gasteiger partial charge < -0.3 is 31.9 Å². The minimum Gasteiger partial charge on any atom is -0.475 e. The molecule has 0 atom stereocenters. The molecule has 10 nitrogen and oxygen atoms in total. The fourth-order valence-corrected chi connectivity index (χ4v) is 1.98. The number of carboxylic acid groups (broad SMARTS) is 2. The number of benzene rings is 1. The number of hydrogen-bond acceptors (Lipinski definition) is 5. The van der Waals surface area contributed by atoms with Crippen LogP contribution in [0, 0.1) is 0 Å². The molecule has 31 heavy (non-hydrogen) atoms. The molecule has 174 valence electrons. The Labute approximate surface area is 176 Å². The number of hydrogen-bond donors (Lipinski definition) is 6. The van der Waals surface area contributed by atoms with E-state index in [1.807, 2.05) is 12.1 Å². The predicted octanol–water partition coefficient (Wildman–Crippen LogP) is 1.66. The first kappa shape index (κ1) is 27.6. The second-order valence-corrected chi connectivity index (χ2v) is 6.07. The number of nitrogens with one attached hydrogen (secondary N) is 3. The summed E-state index contributed by atoms with van der Waals surface area (Å²) in [6, 6.07) is 7.17. The monoisotopic (exact) mass is 450 g/mol. The molecule has 0 radical (unpaired) electrons. The molecule has 0 aromatic heterocycles. The van der Waals surface area contributed by atoms with E-state index in [0.29, 0.717) is 38.0 Å². The van der Waals surface area contributed by atoms with Gasteiger partial charge in [-0.3, -0.25) is 9.59 Å². The minimum absolute atomic E-state index is 0.0853. The van der Waals surface area contributed by atoms with Gasteiger partial charge in [-0.15, -0.1) is 0 Å². The fourth-order valence-electron chi connectivity index (χ4n) is 1.98. The predicted molar refractivity (Wildman–Crippen MR) is 104 cm³/mol. The first-order valence-electron chi connectivity index (χ1n) is 9.08. The number of nitrogens with two attached hydrogens (primary N) is 1. The molecule has 0 aliphatic carbocycles. The Kier molecular flexibility index (Phi) is 13.0. The van der Waals surface area contributed by atoms with Crippen LogP contribution >= 0.6 is 0 Å². The summed E-state index contributed by atoms with van der Waals surface area (Å²) in [6.07, 6.45) is -3.75. The van der Waals surface area contributed by atoms with Crippen molar-refractivity contribution in [1.29, 1.82) is 0 Å². The smallest absolute Gasteiger partial charge is 0.475 e. The van der Waals surface area contributed by atoms with E-state index < -0.39 is 18.2 Å². The number of carboxylic acids is 1. The van der Waals surface area contributed by atoms with Crippen molar-refractivity contribution in [3.8, 4) is 0 Å². The Morgan fingerprint density at radius 2 is 1.48 bits per heavy atom. The van der Waals surface area contributed by atoms with Crippen molar-refractivity contribution in [2.75, 3.05) is 18.4 Å². The number of anilines is 1. The van der Waals surface area contributed by atoms with E-state index in [-0.39, 0.29) is 18.4 Å². The van der Waals surface area contributed by atoms with Gasteiger partial charge in [-0.1, -0.05) is 18.6 Å². The minimum atomic E-state index is -5.08. The lowest BCUT2D eigenvalue weighted by Crippen LogP contribution is -2.32. The van der Waals surface area contributed by atoms with Crippen LogP contribution in [-0.2, 0) is 20.9 Å². The average Bonchev–Trinajstić information content (AvgIpc) is 2.69. The van der Waals surface area contributed by atoms with E-state index in [0.717, 1.165) is 12.0 Å². The molecule has 0 aliphatic rings. The second kappa shape index (κ2) is 14.6. The quantitative estimate of drug-likeness (QED) is 0.294. The van der Waals surface area contributed by atoms with Crippen LogP contribution < -0.4 is 21.7 Å². The summed E-state index contributed by atoms with van der Waals surface area (Å²) in [5.41, 5.74) is 7.12. The molecule has 3 amide bonds. The average molecular weight is 450 g/mol. The van der Waals surface area contributed by atoms with Gasteiger partial charge in [0.25, 0.3) is 0 Å². The first-order chi connectivity index (χ1) is 14.5. The first-order valence-corrected chi connectivity index (χ1v) is 9.08. The van der Waals surface area contributed by atoms with Crippen molar-refractivity contribution in [3.63, 3.8) is 0 Å². The zero-order chi connectivity index (χ0) is 23.9. The molecule has 0 fully saturated rings. The third-order valence-electron chi connectivity index (χ3n) is 3.52. The molecule has 0 saturated heterocycles. The number of amides is 3. The summed E-state index contributed by atoms with van der Waals surface area (Å²) in [5.74, 6) is -3.25. The zero-order valence-corrected chi connectivity index (χ0v) is 16.5. The Balaban J connectivity index is 0.00000110. The largest absolute Gasteiger partial charge is 0.490 e. The maximum absolute atomic E-state index is 11.7. The van der Waals surface area contributed by atoms with Crippen molar-refractivity contribution >= 4 is 29.6 Å². The summed E-state index contributed by atoms with van der Waals surface area (Å²) in [5, 5.41) is 23.0. The van der Waals surface area contributed by atoms with Crippen molar-refractivity contribution < 1.29 is 42.6 Å². The lowest BCUT2D eigenvalue weighted by molar-refractivity contribution is -0.192. The van der Waals surface area contributed by atoms with E-state index in [4.69, 9.17) is 20.7 Å². The summed E-state index contributed by atoms with van der Waals surface area (Å²) >= 11 is 0. The highest BCUT2D eigenvalue weighted by molar-refractivity contribution is 5.94. The molecule has 0 heterocycles. The Morgan fingerprint density at radius 3 is 1.97 bits per heavy atom. The van der Waals surface area contributed by atoms with Crippen molar-refractivity contribution in [1.82, 2.24) is 10.6 Å². The summed E-state index contributed by atoms with van der Waals surface area (Å²) in [7, 11) is 0. The van der Waals surface area contributed by atoms with Crippen LogP contribution in [0.3, 0.4) is 0 Å². The zero-order valence-electron chi connectivity index (χ0n) is 16.5. The summed E-state index contributed by atoms with van der Waals surface area (Å²) in [6.45, 7) is 0.733. The van der Waals surface area contributed by atoms with Crippen molar-refractivity contribution in [3.05, 3.63) is 29.8 Å². The van der Waals surface area contributed by atoms with Gasteiger partial charge >= 0.3 is 18.2 Å². The van der Waals surface area contributed by atoms with Gasteiger partial charge in [0.1, 0.15) is 0 Å². The Morgan fingerprint density at radius 1 is 0.903 bits per heavy atom.